The molecule has 3 aromatic rings. The first-order chi connectivity index (χ1) is 15.0. The van der Waals surface area contributed by atoms with E-state index in [1.165, 1.54) is 11.8 Å². The molecule has 1 unspecified atom stereocenters. The number of carbonyl (C=O) groups is 1. The lowest BCUT2D eigenvalue weighted by atomic mass is 10.1. The second-order valence-electron chi connectivity index (χ2n) is 8.59. The minimum Gasteiger partial charge on any atom is -0.477 e. The molecule has 1 saturated heterocycles. The fraction of sp³-hybridized carbons (Fsp3) is 0.320. The molecule has 5 rings (SSSR count). The van der Waals surface area contributed by atoms with Crippen LogP contribution in [0.3, 0.4) is 0 Å². The number of carboxylic acid groups (broad SMARTS) is 1. The van der Waals surface area contributed by atoms with Gasteiger partial charge in [-0.15, -0.1) is 0 Å². The molecule has 1 atom stereocenters. The van der Waals surface area contributed by atoms with E-state index in [0.717, 1.165) is 49.1 Å². The summed E-state index contributed by atoms with van der Waals surface area (Å²) in [7, 11) is 0. The van der Waals surface area contributed by atoms with Crippen molar-refractivity contribution in [3.8, 4) is 0 Å². The number of carboxylic acids is 1. The van der Waals surface area contributed by atoms with Crippen LogP contribution in [0.15, 0.2) is 58.4 Å². The van der Waals surface area contributed by atoms with Crippen molar-refractivity contribution in [2.24, 2.45) is 4.99 Å². The summed E-state index contributed by atoms with van der Waals surface area (Å²) < 4.78 is 1.98. The molecule has 0 amide bonds. The van der Waals surface area contributed by atoms with Gasteiger partial charge in [0.25, 0.3) is 0 Å². The standard InChI is InChI=1S/C25H25N3O3/c1-16-2-4-17(5-3-16)13-26-18-10-11-27(14-18)20-8-9-21-23(12-20)28(19-6-7-19)15-22(24(21)29)25(30)31/h2-5,8-9,12-13,15,18-19H,6-7,10-11,14H2,1H3,(H,30,31). The van der Waals surface area contributed by atoms with Crippen molar-refractivity contribution in [1.29, 1.82) is 0 Å². The maximum absolute atomic E-state index is 12.7. The number of aliphatic imine (C=N–C) groups is 1. The maximum Gasteiger partial charge on any atom is 0.341 e. The molecule has 6 nitrogen and oxygen atoms in total. The molecule has 2 fully saturated rings. The monoisotopic (exact) mass is 415 g/mol. The first-order valence-electron chi connectivity index (χ1n) is 10.8. The summed E-state index contributed by atoms with van der Waals surface area (Å²) in [4.78, 5) is 31.3. The van der Waals surface area contributed by atoms with Gasteiger partial charge in [0.05, 0.1) is 11.6 Å². The van der Waals surface area contributed by atoms with Crippen molar-refractivity contribution >= 4 is 28.8 Å². The second-order valence-corrected chi connectivity index (χ2v) is 8.59. The van der Waals surface area contributed by atoms with Crippen LogP contribution in [-0.4, -0.2) is 41.0 Å². The van der Waals surface area contributed by atoms with E-state index in [2.05, 4.69) is 36.1 Å². The van der Waals surface area contributed by atoms with E-state index in [-0.39, 0.29) is 17.6 Å². The van der Waals surface area contributed by atoms with Gasteiger partial charge in [-0.1, -0.05) is 29.8 Å². The summed E-state index contributed by atoms with van der Waals surface area (Å²) in [6, 6.07) is 14.6. The van der Waals surface area contributed by atoms with Gasteiger partial charge < -0.3 is 14.6 Å². The highest BCUT2D eigenvalue weighted by Crippen LogP contribution is 2.38. The van der Waals surface area contributed by atoms with Crippen LogP contribution in [0.2, 0.25) is 0 Å². The molecule has 0 spiro atoms. The molecular formula is C25H25N3O3. The van der Waals surface area contributed by atoms with Gasteiger partial charge in [0.2, 0.25) is 5.43 Å². The van der Waals surface area contributed by atoms with Crippen molar-refractivity contribution in [3.05, 3.63) is 75.6 Å². The first kappa shape index (κ1) is 19.5. The molecule has 1 aliphatic carbocycles. The number of nitrogens with zero attached hydrogens (tertiary/aromatic N) is 3. The molecule has 1 N–H and O–H groups in total. The molecule has 31 heavy (non-hydrogen) atoms. The summed E-state index contributed by atoms with van der Waals surface area (Å²) in [5, 5.41) is 9.90. The molecule has 6 heteroatoms. The highest BCUT2D eigenvalue weighted by molar-refractivity contribution is 5.93. The van der Waals surface area contributed by atoms with Crippen molar-refractivity contribution in [2.45, 2.75) is 38.3 Å². The van der Waals surface area contributed by atoms with E-state index in [0.29, 0.717) is 5.39 Å². The normalized spacial score (nSPS) is 18.9. The third kappa shape index (κ3) is 3.85. The highest BCUT2D eigenvalue weighted by atomic mass is 16.4. The van der Waals surface area contributed by atoms with Crippen molar-refractivity contribution in [2.75, 3.05) is 18.0 Å². The van der Waals surface area contributed by atoms with Crippen LogP contribution < -0.4 is 10.3 Å². The van der Waals surface area contributed by atoms with Crippen LogP contribution in [0.5, 0.6) is 0 Å². The quantitative estimate of drug-likeness (QED) is 0.638. The minimum absolute atomic E-state index is 0.154. The average molecular weight is 415 g/mol. The lowest BCUT2D eigenvalue weighted by molar-refractivity contribution is 0.0695. The topological polar surface area (TPSA) is 74.9 Å². The smallest absolute Gasteiger partial charge is 0.341 e. The zero-order chi connectivity index (χ0) is 21.5. The van der Waals surface area contributed by atoms with Crippen molar-refractivity contribution in [1.82, 2.24) is 4.57 Å². The minimum atomic E-state index is -1.17. The number of aromatic carboxylic acids is 1. The Morgan fingerprint density at radius 3 is 2.61 bits per heavy atom. The van der Waals surface area contributed by atoms with Crippen LogP contribution >= 0.6 is 0 Å². The molecular weight excluding hydrogens is 390 g/mol. The van der Waals surface area contributed by atoms with E-state index >= 15 is 0 Å². The lowest BCUT2D eigenvalue weighted by Crippen LogP contribution is -2.22. The van der Waals surface area contributed by atoms with Gasteiger partial charge >= 0.3 is 5.97 Å². The number of anilines is 1. The summed E-state index contributed by atoms with van der Waals surface area (Å²) in [6.07, 6.45) is 6.48. The van der Waals surface area contributed by atoms with Crippen molar-refractivity contribution in [3.63, 3.8) is 0 Å². The first-order valence-corrected chi connectivity index (χ1v) is 10.8. The second kappa shape index (κ2) is 7.69. The SMILES string of the molecule is Cc1ccc(C=NC2CCN(c3ccc4c(=O)c(C(=O)O)cn(C5CC5)c4c3)C2)cc1. The van der Waals surface area contributed by atoms with Crippen LogP contribution in [-0.2, 0) is 0 Å². The molecule has 2 heterocycles. The van der Waals surface area contributed by atoms with E-state index < -0.39 is 11.4 Å². The summed E-state index contributed by atoms with van der Waals surface area (Å²) in [5.41, 5.74) is 3.66. The van der Waals surface area contributed by atoms with Gasteiger partial charge in [-0.3, -0.25) is 9.79 Å². The summed E-state index contributed by atoms with van der Waals surface area (Å²) in [6.45, 7) is 3.81. The third-order valence-electron chi connectivity index (χ3n) is 6.23. The number of pyridine rings is 1. The molecule has 0 bridgehead atoms. The Kier molecular flexibility index (Phi) is 4.85. The van der Waals surface area contributed by atoms with Gasteiger partial charge in [0.15, 0.2) is 0 Å². The Morgan fingerprint density at radius 2 is 1.90 bits per heavy atom. The Hall–Kier alpha value is -3.41. The fourth-order valence-electron chi connectivity index (χ4n) is 4.28. The third-order valence-corrected chi connectivity index (χ3v) is 6.23. The number of benzene rings is 2. The van der Waals surface area contributed by atoms with Crippen LogP contribution in [0.4, 0.5) is 5.69 Å². The Labute approximate surface area is 180 Å². The molecule has 2 aromatic carbocycles. The predicted molar refractivity (Wildman–Crippen MR) is 123 cm³/mol. The number of hydrogen-bond acceptors (Lipinski definition) is 4. The van der Waals surface area contributed by atoms with Crippen LogP contribution in [0.25, 0.3) is 10.9 Å². The molecule has 2 aliphatic rings. The van der Waals surface area contributed by atoms with Gasteiger partial charge in [0, 0.05) is 42.6 Å². The predicted octanol–water partition coefficient (Wildman–Crippen LogP) is 4.04. The average Bonchev–Trinajstić information content (AvgIpc) is 3.50. The largest absolute Gasteiger partial charge is 0.477 e. The fourth-order valence-corrected chi connectivity index (χ4v) is 4.28. The lowest BCUT2D eigenvalue weighted by Gasteiger charge is -2.20. The zero-order valence-corrected chi connectivity index (χ0v) is 17.5. The molecule has 1 aromatic heterocycles. The zero-order valence-electron chi connectivity index (χ0n) is 17.5. The summed E-state index contributed by atoms with van der Waals surface area (Å²) >= 11 is 0. The Balaban J connectivity index is 1.41. The van der Waals surface area contributed by atoms with Gasteiger partial charge in [0.1, 0.15) is 5.56 Å². The molecule has 158 valence electrons. The summed E-state index contributed by atoms with van der Waals surface area (Å²) in [5.74, 6) is -1.17. The van der Waals surface area contributed by atoms with Crippen LogP contribution in [0.1, 0.15) is 46.8 Å². The number of rotatable bonds is 5. The van der Waals surface area contributed by atoms with E-state index in [4.69, 9.17) is 4.99 Å². The van der Waals surface area contributed by atoms with E-state index in [9.17, 15) is 14.7 Å². The number of hydrogen-bond donors (Lipinski definition) is 1. The molecule has 0 radical (unpaired) electrons. The number of aryl methyl sites for hydroxylation is 1. The Morgan fingerprint density at radius 1 is 1.13 bits per heavy atom. The highest BCUT2D eigenvalue weighted by Gasteiger charge is 2.28. The number of aromatic nitrogens is 1. The van der Waals surface area contributed by atoms with Gasteiger partial charge in [-0.25, -0.2) is 4.79 Å². The van der Waals surface area contributed by atoms with Crippen molar-refractivity contribution < 1.29 is 9.90 Å². The molecule has 1 saturated carbocycles. The Bertz CT molecular complexity index is 1240. The van der Waals surface area contributed by atoms with Gasteiger partial charge in [-0.05, 0) is 49.9 Å². The molecule has 1 aliphatic heterocycles. The van der Waals surface area contributed by atoms with E-state index in [1.54, 1.807) is 6.07 Å². The van der Waals surface area contributed by atoms with E-state index in [1.807, 2.05) is 22.9 Å². The van der Waals surface area contributed by atoms with Crippen LogP contribution in [0, 0.1) is 6.92 Å². The maximum atomic E-state index is 12.7. The number of fused-ring (bicyclic) bond motifs is 1. The van der Waals surface area contributed by atoms with Gasteiger partial charge in [-0.2, -0.15) is 0 Å².